The van der Waals surface area contributed by atoms with E-state index in [1.165, 1.54) is 4.68 Å². The van der Waals surface area contributed by atoms with Crippen molar-refractivity contribution in [1.29, 1.82) is 0 Å². The van der Waals surface area contributed by atoms with Crippen molar-refractivity contribution in [3.8, 4) is 0 Å². The minimum atomic E-state index is -0.341. The van der Waals surface area contributed by atoms with Crippen LogP contribution in [0.4, 0.5) is 0 Å². The molecule has 2 heterocycles. The van der Waals surface area contributed by atoms with Crippen LogP contribution in [0.2, 0.25) is 5.15 Å². The van der Waals surface area contributed by atoms with Crippen LogP contribution in [0.25, 0.3) is 0 Å². The van der Waals surface area contributed by atoms with Crippen molar-refractivity contribution in [3.05, 3.63) is 45.4 Å². The molecule has 5 nitrogen and oxygen atoms in total. The van der Waals surface area contributed by atoms with Gasteiger partial charge in [0.25, 0.3) is 0 Å². The van der Waals surface area contributed by atoms with Gasteiger partial charge in [0.1, 0.15) is 11.0 Å². The first-order chi connectivity index (χ1) is 8.80. The average Bonchev–Trinajstić information content (AvgIpc) is 2.59. The quantitative estimate of drug-likeness (QED) is 0.793. The summed E-state index contributed by atoms with van der Waals surface area (Å²) in [5, 5.41) is 4.73. The molecule has 2 aromatic heterocycles. The SMILES string of the molecule is Cc1nn(C(C)(C)C)c(=O)n1Cc1cccnc1Cl. The molecule has 19 heavy (non-hydrogen) atoms. The Morgan fingerprint density at radius 1 is 1.37 bits per heavy atom. The highest BCUT2D eigenvalue weighted by Crippen LogP contribution is 2.14. The van der Waals surface area contributed by atoms with Gasteiger partial charge in [-0.1, -0.05) is 17.7 Å². The predicted molar refractivity (Wildman–Crippen MR) is 74.6 cm³/mol. The maximum atomic E-state index is 12.4. The van der Waals surface area contributed by atoms with Gasteiger partial charge < -0.3 is 0 Å². The highest BCUT2D eigenvalue weighted by molar-refractivity contribution is 6.30. The van der Waals surface area contributed by atoms with Crippen molar-refractivity contribution >= 4 is 11.6 Å². The Morgan fingerprint density at radius 2 is 2.05 bits per heavy atom. The summed E-state index contributed by atoms with van der Waals surface area (Å²) < 4.78 is 3.10. The average molecular weight is 281 g/mol. The molecular formula is C13H17ClN4O. The minimum Gasteiger partial charge on any atom is -0.275 e. The van der Waals surface area contributed by atoms with Gasteiger partial charge in [0, 0.05) is 11.8 Å². The van der Waals surface area contributed by atoms with E-state index < -0.39 is 0 Å². The van der Waals surface area contributed by atoms with Gasteiger partial charge in [-0.2, -0.15) is 5.10 Å². The summed E-state index contributed by atoms with van der Waals surface area (Å²) in [6, 6.07) is 3.66. The molecule has 0 aliphatic heterocycles. The van der Waals surface area contributed by atoms with Crippen molar-refractivity contribution < 1.29 is 0 Å². The number of nitrogens with zero attached hydrogens (tertiary/aromatic N) is 4. The minimum absolute atomic E-state index is 0.134. The van der Waals surface area contributed by atoms with Gasteiger partial charge in [-0.15, -0.1) is 0 Å². The van der Waals surface area contributed by atoms with Crippen LogP contribution in [0.15, 0.2) is 23.1 Å². The van der Waals surface area contributed by atoms with Crippen LogP contribution >= 0.6 is 11.6 Å². The molecule has 0 unspecified atom stereocenters. The van der Waals surface area contributed by atoms with Gasteiger partial charge in [0.15, 0.2) is 0 Å². The van der Waals surface area contributed by atoms with E-state index in [-0.39, 0.29) is 11.2 Å². The molecule has 0 N–H and O–H groups in total. The third-order valence-corrected chi connectivity index (χ3v) is 3.19. The molecule has 0 saturated heterocycles. The Balaban J connectivity index is 2.46. The van der Waals surface area contributed by atoms with Crippen LogP contribution in [-0.2, 0) is 12.1 Å². The molecule has 102 valence electrons. The van der Waals surface area contributed by atoms with Gasteiger partial charge in [-0.25, -0.2) is 14.5 Å². The maximum absolute atomic E-state index is 12.4. The first-order valence-electron chi connectivity index (χ1n) is 6.07. The smallest absolute Gasteiger partial charge is 0.275 e. The fourth-order valence-corrected chi connectivity index (χ4v) is 2.00. The third-order valence-electron chi connectivity index (χ3n) is 2.85. The van der Waals surface area contributed by atoms with Gasteiger partial charge in [0.2, 0.25) is 0 Å². The molecule has 0 fully saturated rings. The Kier molecular flexibility index (Phi) is 3.49. The Bertz CT molecular complexity index is 651. The maximum Gasteiger partial charge on any atom is 0.346 e. The summed E-state index contributed by atoms with van der Waals surface area (Å²) in [7, 11) is 0. The first kappa shape index (κ1) is 13.8. The van der Waals surface area contributed by atoms with Crippen molar-refractivity contribution in [1.82, 2.24) is 19.3 Å². The second-order valence-electron chi connectivity index (χ2n) is 5.45. The van der Waals surface area contributed by atoms with E-state index in [0.29, 0.717) is 17.5 Å². The summed E-state index contributed by atoms with van der Waals surface area (Å²) in [5.41, 5.74) is 0.332. The summed E-state index contributed by atoms with van der Waals surface area (Å²) in [4.78, 5) is 16.4. The lowest BCUT2D eigenvalue weighted by Gasteiger charge is -2.16. The topological polar surface area (TPSA) is 52.7 Å². The summed E-state index contributed by atoms with van der Waals surface area (Å²) in [5.74, 6) is 0.667. The molecule has 0 aliphatic carbocycles. The molecule has 0 spiro atoms. The zero-order chi connectivity index (χ0) is 14.2. The Morgan fingerprint density at radius 3 is 2.58 bits per heavy atom. The predicted octanol–water partition coefficient (Wildman–Crippen LogP) is 2.20. The van der Waals surface area contributed by atoms with Crippen LogP contribution in [0.5, 0.6) is 0 Å². The highest BCUT2D eigenvalue weighted by Gasteiger charge is 2.21. The Labute approximate surface area is 116 Å². The number of hydrogen-bond acceptors (Lipinski definition) is 3. The monoisotopic (exact) mass is 280 g/mol. The molecule has 0 bridgehead atoms. The second-order valence-corrected chi connectivity index (χ2v) is 5.81. The molecule has 2 rings (SSSR count). The van der Waals surface area contributed by atoms with E-state index in [4.69, 9.17) is 11.6 Å². The number of rotatable bonds is 2. The van der Waals surface area contributed by atoms with Crippen LogP contribution in [0.3, 0.4) is 0 Å². The van der Waals surface area contributed by atoms with Crippen LogP contribution in [0.1, 0.15) is 32.2 Å². The fourth-order valence-electron chi connectivity index (χ4n) is 1.82. The largest absolute Gasteiger partial charge is 0.346 e. The lowest BCUT2D eigenvalue weighted by atomic mass is 10.1. The standard InChI is InChI=1S/C13H17ClN4O/c1-9-16-18(13(2,3)4)12(19)17(9)8-10-6-5-7-15-11(10)14/h5-7H,8H2,1-4H3. The lowest BCUT2D eigenvalue weighted by molar-refractivity contribution is 0.340. The Hall–Kier alpha value is -1.62. The highest BCUT2D eigenvalue weighted by atomic mass is 35.5. The number of aromatic nitrogens is 4. The summed E-state index contributed by atoms with van der Waals surface area (Å²) >= 11 is 6.02. The second kappa shape index (κ2) is 4.81. The molecule has 0 aromatic carbocycles. The van der Waals surface area contributed by atoms with Gasteiger partial charge in [-0.05, 0) is 33.8 Å². The normalized spacial score (nSPS) is 11.8. The van der Waals surface area contributed by atoms with E-state index in [2.05, 4.69) is 10.1 Å². The fraction of sp³-hybridized carbons (Fsp3) is 0.462. The molecule has 6 heteroatoms. The number of pyridine rings is 1. The summed E-state index contributed by atoms with van der Waals surface area (Å²) in [6.07, 6.45) is 1.63. The van der Waals surface area contributed by atoms with E-state index in [9.17, 15) is 4.79 Å². The molecular weight excluding hydrogens is 264 g/mol. The van der Waals surface area contributed by atoms with Crippen LogP contribution in [0, 0.1) is 6.92 Å². The molecule has 0 saturated carbocycles. The van der Waals surface area contributed by atoms with Gasteiger partial charge >= 0.3 is 5.69 Å². The van der Waals surface area contributed by atoms with Crippen LogP contribution < -0.4 is 5.69 Å². The van der Waals surface area contributed by atoms with Gasteiger partial charge in [0.05, 0.1) is 12.1 Å². The first-order valence-corrected chi connectivity index (χ1v) is 6.45. The van der Waals surface area contributed by atoms with E-state index in [1.807, 2.05) is 33.8 Å². The lowest BCUT2D eigenvalue weighted by Crippen LogP contribution is -2.36. The molecule has 0 aliphatic rings. The van der Waals surface area contributed by atoms with Crippen molar-refractivity contribution in [3.63, 3.8) is 0 Å². The zero-order valence-corrected chi connectivity index (χ0v) is 12.3. The van der Waals surface area contributed by atoms with Crippen molar-refractivity contribution in [2.45, 2.75) is 39.8 Å². The molecule has 2 aromatic rings. The van der Waals surface area contributed by atoms with Crippen molar-refractivity contribution in [2.24, 2.45) is 0 Å². The number of hydrogen-bond donors (Lipinski definition) is 0. The molecule has 0 amide bonds. The van der Waals surface area contributed by atoms with Crippen LogP contribution in [-0.4, -0.2) is 19.3 Å². The van der Waals surface area contributed by atoms with E-state index in [0.717, 1.165) is 5.56 Å². The molecule has 0 radical (unpaired) electrons. The van der Waals surface area contributed by atoms with E-state index >= 15 is 0 Å². The van der Waals surface area contributed by atoms with E-state index in [1.54, 1.807) is 16.8 Å². The molecule has 0 atom stereocenters. The van der Waals surface area contributed by atoms with Crippen molar-refractivity contribution in [2.75, 3.05) is 0 Å². The zero-order valence-electron chi connectivity index (χ0n) is 11.5. The summed E-state index contributed by atoms with van der Waals surface area (Å²) in [6.45, 7) is 8.04. The number of aryl methyl sites for hydroxylation is 1. The number of halogens is 1. The van der Waals surface area contributed by atoms with Gasteiger partial charge in [-0.3, -0.25) is 4.57 Å². The third kappa shape index (κ3) is 2.71.